The number of rotatable bonds is 9. The number of ether oxygens (including phenoxy) is 4. The fourth-order valence-corrected chi connectivity index (χ4v) is 4.65. The molecule has 1 aliphatic rings. The number of likely N-dealkylation sites (tertiary alicyclic amines) is 1. The van der Waals surface area contributed by atoms with Crippen LogP contribution in [0.4, 0.5) is 16.2 Å². The van der Waals surface area contributed by atoms with E-state index in [-0.39, 0.29) is 12.1 Å². The minimum Gasteiger partial charge on any atom is -0.493 e. The van der Waals surface area contributed by atoms with Gasteiger partial charge in [-0.25, -0.2) is 4.79 Å². The van der Waals surface area contributed by atoms with Crippen molar-refractivity contribution in [2.75, 3.05) is 45.0 Å². The third kappa shape index (κ3) is 10.1. The van der Waals surface area contributed by atoms with Crippen molar-refractivity contribution in [1.29, 1.82) is 0 Å². The number of carbonyl (C=O) groups is 2. The molecule has 1 fully saturated rings. The number of anilines is 2. The first-order valence-corrected chi connectivity index (χ1v) is 15.6. The van der Waals surface area contributed by atoms with Crippen LogP contribution in [-0.2, 0) is 4.79 Å². The lowest BCUT2D eigenvalue weighted by atomic mass is 10.1. The van der Waals surface area contributed by atoms with Gasteiger partial charge in [0.15, 0.2) is 11.5 Å². The summed E-state index contributed by atoms with van der Waals surface area (Å²) in [7, 11) is 5.30. The number of hydrogen-bond acceptors (Lipinski definition) is 8. The lowest BCUT2D eigenvalue weighted by molar-refractivity contribution is -0.107. The van der Waals surface area contributed by atoms with Gasteiger partial charge in [-0.15, -0.1) is 0 Å². The molecule has 0 aliphatic carbocycles. The predicted molar refractivity (Wildman–Crippen MR) is 184 cm³/mol. The maximum Gasteiger partial charge on any atom is 0.323 e. The van der Waals surface area contributed by atoms with E-state index in [4.69, 9.17) is 18.9 Å². The summed E-state index contributed by atoms with van der Waals surface area (Å²) in [6, 6.07) is 18.0. The second-order valence-corrected chi connectivity index (χ2v) is 10.4. The van der Waals surface area contributed by atoms with E-state index in [0.717, 1.165) is 48.9 Å². The van der Waals surface area contributed by atoms with Crippen molar-refractivity contribution in [1.82, 2.24) is 9.88 Å². The molecule has 1 saturated heterocycles. The Kier molecular flexibility index (Phi) is 14.1. The number of aromatic nitrogens is 1. The summed E-state index contributed by atoms with van der Waals surface area (Å²) < 4.78 is 23.2. The molecule has 0 unspecified atom stereocenters. The molecule has 2 amide bonds. The zero-order valence-corrected chi connectivity index (χ0v) is 27.9. The van der Waals surface area contributed by atoms with Crippen LogP contribution in [0.15, 0.2) is 66.9 Å². The number of pyridine rings is 1. The maximum atomic E-state index is 12.7. The number of amides is 2. The van der Waals surface area contributed by atoms with Gasteiger partial charge < -0.3 is 39.3 Å². The quantitative estimate of drug-likeness (QED) is 0.179. The van der Waals surface area contributed by atoms with Crippen LogP contribution >= 0.6 is 0 Å². The molecule has 0 spiro atoms. The Morgan fingerprint density at radius 2 is 1.50 bits per heavy atom. The summed E-state index contributed by atoms with van der Waals surface area (Å²) in [6.45, 7) is 9.84. The summed E-state index contributed by atoms with van der Waals surface area (Å²) in [6.07, 6.45) is 5.45. The maximum absolute atomic E-state index is 12.7. The first-order chi connectivity index (χ1) is 22.3. The number of fused-ring (bicyclic) bond motifs is 1. The third-order valence-electron chi connectivity index (χ3n) is 7.12. The Morgan fingerprint density at radius 3 is 2.13 bits per heavy atom. The third-order valence-corrected chi connectivity index (χ3v) is 7.12. The van der Waals surface area contributed by atoms with Crippen LogP contribution in [0.2, 0.25) is 0 Å². The van der Waals surface area contributed by atoms with Crippen LogP contribution in [0, 0.1) is 6.92 Å². The first kappa shape index (κ1) is 35.6. The summed E-state index contributed by atoms with van der Waals surface area (Å²) in [5, 5.41) is 6.53. The van der Waals surface area contributed by atoms with Gasteiger partial charge >= 0.3 is 6.03 Å². The van der Waals surface area contributed by atoms with Crippen molar-refractivity contribution in [2.24, 2.45) is 0 Å². The number of methoxy groups -OCH3 is 2. The molecule has 0 saturated carbocycles. The van der Waals surface area contributed by atoms with Crippen LogP contribution in [0.3, 0.4) is 0 Å². The predicted octanol–water partition coefficient (Wildman–Crippen LogP) is 8.09. The second-order valence-electron chi connectivity index (χ2n) is 10.4. The SMILES string of the molecule is CC.CCC=O.COc1cc2nccc(Oc3cc(NC(=O)Nc4ccc(OC5CCN(C)CC5)cc4)ccc3C)c2cc1OC. The molecule has 0 bridgehead atoms. The number of urea groups is 1. The zero-order valence-electron chi connectivity index (χ0n) is 27.9. The van der Waals surface area contributed by atoms with Crippen molar-refractivity contribution >= 4 is 34.6 Å². The Morgan fingerprint density at radius 1 is 0.891 bits per heavy atom. The Hall–Kier alpha value is -4.83. The number of nitrogens with one attached hydrogen (secondary N) is 2. The van der Waals surface area contributed by atoms with E-state index in [0.29, 0.717) is 46.3 Å². The average molecular weight is 631 g/mol. The van der Waals surface area contributed by atoms with Crippen LogP contribution in [-0.4, -0.2) is 62.7 Å². The number of aldehydes is 1. The molecule has 246 valence electrons. The minimum atomic E-state index is -0.356. The highest BCUT2D eigenvalue weighted by Crippen LogP contribution is 2.38. The van der Waals surface area contributed by atoms with Crippen LogP contribution in [0.5, 0.6) is 28.7 Å². The normalized spacial score (nSPS) is 12.8. The van der Waals surface area contributed by atoms with Crippen LogP contribution in [0.25, 0.3) is 10.9 Å². The summed E-state index contributed by atoms with van der Waals surface area (Å²) in [5.41, 5.74) is 2.89. The number of carbonyl (C=O) groups excluding carboxylic acids is 2. The molecule has 10 nitrogen and oxygen atoms in total. The Bertz CT molecular complexity index is 1550. The number of aryl methyl sites for hydroxylation is 1. The van der Waals surface area contributed by atoms with E-state index < -0.39 is 0 Å². The Balaban J connectivity index is 0.000000891. The lowest BCUT2D eigenvalue weighted by Gasteiger charge is -2.29. The largest absolute Gasteiger partial charge is 0.493 e. The second kappa shape index (κ2) is 18.2. The van der Waals surface area contributed by atoms with Crippen molar-refractivity contribution < 1.29 is 28.5 Å². The Labute approximate surface area is 272 Å². The van der Waals surface area contributed by atoms with Gasteiger partial charge in [-0.2, -0.15) is 0 Å². The van der Waals surface area contributed by atoms with Crippen LogP contribution < -0.4 is 29.6 Å². The lowest BCUT2D eigenvalue weighted by Crippen LogP contribution is -2.35. The molecule has 0 radical (unpaired) electrons. The molecule has 2 heterocycles. The molecule has 1 aromatic heterocycles. The van der Waals surface area contributed by atoms with E-state index in [1.165, 1.54) is 0 Å². The highest BCUT2D eigenvalue weighted by atomic mass is 16.5. The van der Waals surface area contributed by atoms with E-state index in [2.05, 4.69) is 27.6 Å². The molecule has 0 atom stereocenters. The molecule has 3 aromatic carbocycles. The van der Waals surface area contributed by atoms with Gasteiger partial charge in [0, 0.05) is 54.6 Å². The molecular weight excluding hydrogens is 584 g/mol. The van der Waals surface area contributed by atoms with E-state index >= 15 is 0 Å². The summed E-state index contributed by atoms with van der Waals surface area (Å²) in [4.78, 5) is 28.7. The zero-order chi connectivity index (χ0) is 33.5. The molecule has 4 aromatic rings. The fraction of sp³-hybridized carbons (Fsp3) is 0.361. The minimum absolute atomic E-state index is 0.228. The van der Waals surface area contributed by atoms with Crippen molar-refractivity contribution in [3.05, 3.63) is 72.4 Å². The molecule has 1 aliphatic heterocycles. The topological polar surface area (TPSA) is 111 Å². The van der Waals surface area contributed by atoms with E-state index in [9.17, 15) is 9.59 Å². The van der Waals surface area contributed by atoms with Crippen molar-refractivity contribution in [3.63, 3.8) is 0 Å². The summed E-state index contributed by atoms with van der Waals surface area (Å²) >= 11 is 0. The molecule has 5 rings (SSSR count). The summed E-state index contributed by atoms with van der Waals surface area (Å²) in [5.74, 6) is 3.19. The standard InChI is InChI=1S/C31H34N4O5.C3H6O.C2H6/c1-20-5-6-22(17-28(20)40-27-11-14-32-26-19-30(38-4)29(37-3)18-25(26)27)34-31(36)33-21-7-9-23(10-8-21)39-24-12-15-35(2)16-13-24;1-2-3-4;1-2/h5-11,14,17-19,24H,12-13,15-16H2,1-4H3,(H2,33,34,36);3H,2H2,1H3;1-2H3. The van der Waals surface area contributed by atoms with E-state index in [1.54, 1.807) is 32.5 Å². The van der Waals surface area contributed by atoms with Gasteiger partial charge in [-0.1, -0.05) is 26.8 Å². The first-order valence-electron chi connectivity index (χ1n) is 15.6. The van der Waals surface area contributed by atoms with Gasteiger partial charge in [0.2, 0.25) is 0 Å². The number of piperidine rings is 1. The van der Waals surface area contributed by atoms with E-state index in [1.807, 2.05) is 76.2 Å². The van der Waals surface area contributed by atoms with Gasteiger partial charge in [0.05, 0.1) is 19.7 Å². The highest BCUT2D eigenvalue weighted by molar-refractivity contribution is 6.00. The van der Waals surface area contributed by atoms with Crippen LogP contribution in [0.1, 0.15) is 45.6 Å². The fourth-order valence-electron chi connectivity index (χ4n) is 4.65. The number of benzene rings is 3. The molecule has 10 heteroatoms. The van der Waals surface area contributed by atoms with Gasteiger partial charge in [0.1, 0.15) is 29.6 Å². The van der Waals surface area contributed by atoms with Crippen molar-refractivity contribution in [3.8, 4) is 28.7 Å². The smallest absolute Gasteiger partial charge is 0.323 e. The highest BCUT2D eigenvalue weighted by Gasteiger charge is 2.18. The van der Waals surface area contributed by atoms with Gasteiger partial charge in [-0.3, -0.25) is 4.98 Å². The van der Waals surface area contributed by atoms with Crippen molar-refractivity contribution in [2.45, 2.75) is 53.1 Å². The van der Waals surface area contributed by atoms with Gasteiger partial charge in [0.25, 0.3) is 0 Å². The molecular formula is C36H46N4O6. The average Bonchev–Trinajstić information content (AvgIpc) is 3.08. The number of nitrogens with zero attached hydrogens (tertiary/aromatic N) is 2. The molecule has 2 N–H and O–H groups in total. The number of hydrogen-bond donors (Lipinski definition) is 2. The molecule has 46 heavy (non-hydrogen) atoms. The van der Waals surface area contributed by atoms with Gasteiger partial charge in [-0.05, 0) is 74.8 Å². The monoisotopic (exact) mass is 630 g/mol.